The number of aromatic nitrogens is 2. The maximum atomic E-state index is 10.7. The van der Waals surface area contributed by atoms with Gasteiger partial charge < -0.3 is 0 Å². The molecule has 0 aliphatic carbocycles. The van der Waals surface area contributed by atoms with Gasteiger partial charge in [-0.3, -0.25) is 14.5 Å². The highest BCUT2D eigenvalue weighted by Crippen LogP contribution is 2.28. The first-order chi connectivity index (χ1) is 8.63. The average molecular weight is 324 g/mol. The topological polar surface area (TPSA) is 60.4 Å². The molecule has 90 valence electrons. The largest absolute Gasteiger partial charge is 0.296 e. The van der Waals surface area contributed by atoms with Gasteiger partial charge in [0.15, 0.2) is 4.96 Å². The standard InChI is InChI=1S/C11H6BrN3O2S/c12-10-6-14-5-9(13-11(14)18-10)7-2-1-3-8(4-7)15(16)17/h1-6H. The van der Waals surface area contributed by atoms with Crippen molar-refractivity contribution in [2.45, 2.75) is 0 Å². The van der Waals surface area contributed by atoms with Gasteiger partial charge in [-0.1, -0.05) is 23.5 Å². The second-order valence-corrected chi connectivity index (χ2v) is 6.05. The molecule has 0 aliphatic rings. The summed E-state index contributed by atoms with van der Waals surface area (Å²) in [6, 6.07) is 6.48. The first kappa shape index (κ1) is 11.4. The molecule has 18 heavy (non-hydrogen) atoms. The molecule has 0 N–H and O–H groups in total. The molecule has 3 aromatic rings. The molecular formula is C11H6BrN3O2S. The number of non-ortho nitro benzene ring substituents is 1. The third-order valence-corrected chi connectivity index (χ3v) is 3.96. The number of halogens is 1. The van der Waals surface area contributed by atoms with Crippen LogP contribution >= 0.6 is 27.3 Å². The van der Waals surface area contributed by atoms with Gasteiger partial charge in [-0.2, -0.15) is 0 Å². The van der Waals surface area contributed by atoms with Gasteiger partial charge in [0.05, 0.1) is 14.4 Å². The van der Waals surface area contributed by atoms with E-state index in [0.29, 0.717) is 0 Å². The summed E-state index contributed by atoms with van der Waals surface area (Å²) in [6.07, 6.45) is 3.77. The van der Waals surface area contributed by atoms with Gasteiger partial charge in [-0.25, -0.2) is 4.98 Å². The van der Waals surface area contributed by atoms with Crippen LogP contribution in [0, 0.1) is 10.1 Å². The Morgan fingerprint density at radius 1 is 1.39 bits per heavy atom. The summed E-state index contributed by atoms with van der Waals surface area (Å²) < 4.78 is 2.89. The van der Waals surface area contributed by atoms with Crippen LogP contribution < -0.4 is 0 Å². The Balaban J connectivity index is 2.10. The predicted octanol–water partition coefficient (Wildman–Crippen LogP) is 3.73. The van der Waals surface area contributed by atoms with Gasteiger partial charge in [0.25, 0.3) is 5.69 Å². The molecule has 0 saturated carbocycles. The number of fused-ring (bicyclic) bond motifs is 1. The number of benzene rings is 1. The molecule has 0 radical (unpaired) electrons. The fourth-order valence-electron chi connectivity index (χ4n) is 1.69. The van der Waals surface area contributed by atoms with Crippen LogP contribution in [0.3, 0.4) is 0 Å². The zero-order valence-electron chi connectivity index (χ0n) is 8.91. The minimum absolute atomic E-state index is 0.0741. The van der Waals surface area contributed by atoms with Crippen molar-refractivity contribution in [1.29, 1.82) is 0 Å². The molecule has 7 heteroatoms. The average Bonchev–Trinajstić information content (AvgIpc) is 2.86. The highest BCUT2D eigenvalue weighted by molar-refractivity contribution is 9.11. The zero-order valence-corrected chi connectivity index (χ0v) is 11.3. The van der Waals surface area contributed by atoms with E-state index < -0.39 is 4.92 Å². The van der Waals surface area contributed by atoms with Crippen LogP contribution in [-0.2, 0) is 0 Å². The first-order valence-corrected chi connectivity index (χ1v) is 6.63. The molecule has 0 unspecified atom stereocenters. The molecule has 0 spiro atoms. The zero-order chi connectivity index (χ0) is 12.7. The van der Waals surface area contributed by atoms with Gasteiger partial charge in [-0.15, -0.1) is 0 Å². The summed E-state index contributed by atoms with van der Waals surface area (Å²) in [5, 5.41) is 10.7. The second kappa shape index (κ2) is 4.18. The highest BCUT2D eigenvalue weighted by Gasteiger charge is 2.11. The Bertz CT molecular complexity index is 718. The molecule has 0 atom stereocenters. The molecular weight excluding hydrogens is 318 g/mol. The van der Waals surface area contributed by atoms with E-state index in [1.165, 1.54) is 23.5 Å². The highest BCUT2D eigenvalue weighted by atomic mass is 79.9. The van der Waals surface area contributed by atoms with Crippen LogP contribution in [0.25, 0.3) is 16.2 Å². The summed E-state index contributed by atoms with van der Waals surface area (Å²) in [5.74, 6) is 0. The van der Waals surface area contributed by atoms with Crippen molar-refractivity contribution in [1.82, 2.24) is 9.38 Å². The Hall–Kier alpha value is -1.73. The summed E-state index contributed by atoms with van der Waals surface area (Å²) in [7, 11) is 0. The Morgan fingerprint density at radius 3 is 2.94 bits per heavy atom. The molecule has 1 aromatic carbocycles. The van der Waals surface area contributed by atoms with Crippen molar-refractivity contribution >= 4 is 37.9 Å². The SMILES string of the molecule is O=[N+]([O-])c1cccc(-c2cn3cc(Br)sc3n2)c1. The lowest BCUT2D eigenvalue weighted by Gasteiger charge is -1.95. The number of hydrogen-bond acceptors (Lipinski definition) is 4. The summed E-state index contributed by atoms with van der Waals surface area (Å²) in [6.45, 7) is 0. The van der Waals surface area contributed by atoms with Crippen molar-refractivity contribution in [2.75, 3.05) is 0 Å². The Kier molecular flexibility index (Phi) is 2.64. The molecule has 2 aromatic heterocycles. The quantitative estimate of drug-likeness (QED) is 0.533. The van der Waals surface area contributed by atoms with Crippen molar-refractivity contribution in [3.8, 4) is 11.3 Å². The molecule has 0 saturated heterocycles. The van der Waals surface area contributed by atoms with Crippen LogP contribution in [-0.4, -0.2) is 14.3 Å². The van der Waals surface area contributed by atoms with Crippen LogP contribution in [0.15, 0.2) is 40.4 Å². The maximum absolute atomic E-state index is 10.7. The monoisotopic (exact) mass is 323 g/mol. The molecule has 3 rings (SSSR count). The number of nitro groups is 1. The van der Waals surface area contributed by atoms with E-state index in [4.69, 9.17) is 0 Å². The third kappa shape index (κ3) is 1.91. The second-order valence-electron chi connectivity index (χ2n) is 3.66. The van der Waals surface area contributed by atoms with E-state index in [0.717, 1.165) is 20.0 Å². The third-order valence-electron chi connectivity index (χ3n) is 2.48. The van der Waals surface area contributed by atoms with E-state index in [1.54, 1.807) is 6.07 Å². The number of thiazole rings is 1. The lowest BCUT2D eigenvalue weighted by atomic mass is 10.1. The Labute approximate surface area is 114 Å². The summed E-state index contributed by atoms with van der Waals surface area (Å²) >= 11 is 4.90. The van der Waals surface area contributed by atoms with E-state index in [2.05, 4.69) is 20.9 Å². The molecule has 5 nitrogen and oxygen atoms in total. The Morgan fingerprint density at radius 2 is 2.22 bits per heavy atom. The maximum Gasteiger partial charge on any atom is 0.270 e. The molecule has 0 aliphatic heterocycles. The van der Waals surface area contributed by atoms with Crippen LogP contribution in [0.1, 0.15) is 0 Å². The first-order valence-electron chi connectivity index (χ1n) is 5.02. The minimum Gasteiger partial charge on any atom is -0.296 e. The van der Waals surface area contributed by atoms with E-state index >= 15 is 0 Å². The van der Waals surface area contributed by atoms with Crippen molar-refractivity contribution in [2.24, 2.45) is 0 Å². The fraction of sp³-hybridized carbons (Fsp3) is 0. The van der Waals surface area contributed by atoms with Crippen LogP contribution in [0.4, 0.5) is 5.69 Å². The van der Waals surface area contributed by atoms with Gasteiger partial charge in [0.2, 0.25) is 0 Å². The van der Waals surface area contributed by atoms with Crippen molar-refractivity contribution in [3.05, 3.63) is 50.6 Å². The number of nitro benzene ring substituents is 1. The van der Waals surface area contributed by atoms with Gasteiger partial charge in [0, 0.05) is 30.1 Å². The lowest BCUT2D eigenvalue weighted by molar-refractivity contribution is -0.384. The van der Waals surface area contributed by atoms with Gasteiger partial charge in [-0.05, 0) is 15.9 Å². The van der Waals surface area contributed by atoms with E-state index in [1.807, 2.05) is 22.9 Å². The van der Waals surface area contributed by atoms with Crippen LogP contribution in [0.2, 0.25) is 0 Å². The van der Waals surface area contributed by atoms with Crippen molar-refractivity contribution < 1.29 is 4.92 Å². The number of imidazole rings is 1. The number of rotatable bonds is 2. The normalized spacial score (nSPS) is 10.9. The molecule has 0 bridgehead atoms. The minimum atomic E-state index is -0.404. The molecule has 0 fully saturated rings. The number of nitrogens with zero attached hydrogens (tertiary/aromatic N) is 3. The smallest absolute Gasteiger partial charge is 0.270 e. The fourth-order valence-corrected chi connectivity index (χ4v) is 3.04. The molecule has 0 amide bonds. The summed E-state index contributed by atoms with van der Waals surface area (Å²) in [5.41, 5.74) is 1.55. The van der Waals surface area contributed by atoms with Gasteiger partial charge in [0.1, 0.15) is 0 Å². The molecule has 2 heterocycles. The number of hydrogen-bond donors (Lipinski definition) is 0. The summed E-state index contributed by atoms with van der Waals surface area (Å²) in [4.78, 5) is 15.6. The van der Waals surface area contributed by atoms with E-state index in [-0.39, 0.29) is 5.69 Å². The van der Waals surface area contributed by atoms with Crippen LogP contribution in [0.5, 0.6) is 0 Å². The van der Waals surface area contributed by atoms with E-state index in [9.17, 15) is 10.1 Å². The lowest BCUT2D eigenvalue weighted by Crippen LogP contribution is -1.87. The van der Waals surface area contributed by atoms with Crippen molar-refractivity contribution in [3.63, 3.8) is 0 Å². The predicted molar refractivity (Wildman–Crippen MR) is 72.9 cm³/mol. The van der Waals surface area contributed by atoms with Gasteiger partial charge >= 0.3 is 0 Å².